The number of Topliss-reactive ketones (excluding diaryl/α,β-unsaturated/α-hetero) is 1. The zero-order chi connectivity index (χ0) is 29.0. The number of ketones is 1. The number of rotatable bonds is 10. The van der Waals surface area contributed by atoms with Crippen LogP contribution in [0.4, 0.5) is 0 Å². The van der Waals surface area contributed by atoms with Gasteiger partial charge in [0.25, 0.3) is 11.7 Å². The SMILES string of the molecule is CCOc1ccc(/C(O)=C2\C(=O)C(=O)N(Cc3ccccc3OC)C2c2ccc(OC)c(OC)c2)cc1C(C)C. The van der Waals surface area contributed by atoms with Gasteiger partial charge in [-0.05, 0) is 60.4 Å². The van der Waals surface area contributed by atoms with Gasteiger partial charge in [0.2, 0.25) is 0 Å². The predicted molar refractivity (Wildman–Crippen MR) is 152 cm³/mol. The zero-order valence-corrected chi connectivity index (χ0v) is 23.7. The molecular formula is C32H35NO7. The molecule has 210 valence electrons. The van der Waals surface area contributed by atoms with Crippen LogP contribution >= 0.6 is 0 Å². The van der Waals surface area contributed by atoms with E-state index in [1.54, 1.807) is 43.5 Å². The molecule has 0 aromatic heterocycles. The third-order valence-electron chi connectivity index (χ3n) is 7.00. The normalized spacial score (nSPS) is 16.4. The summed E-state index contributed by atoms with van der Waals surface area (Å²) in [6.45, 7) is 6.54. The Kier molecular flexibility index (Phi) is 8.67. The van der Waals surface area contributed by atoms with Crippen LogP contribution in [0.5, 0.6) is 23.0 Å². The van der Waals surface area contributed by atoms with Crippen molar-refractivity contribution in [1.82, 2.24) is 4.90 Å². The summed E-state index contributed by atoms with van der Waals surface area (Å²) in [5.74, 6) is 0.585. The van der Waals surface area contributed by atoms with E-state index in [1.807, 2.05) is 45.0 Å². The highest BCUT2D eigenvalue weighted by Crippen LogP contribution is 2.43. The van der Waals surface area contributed by atoms with Crippen LogP contribution in [-0.4, -0.2) is 49.6 Å². The molecule has 3 aromatic carbocycles. The Morgan fingerprint density at radius 3 is 2.20 bits per heavy atom. The molecule has 1 unspecified atom stereocenters. The Morgan fingerprint density at radius 1 is 0.875 bits per heavy atom. The number of para-hydroxylation sites is 1. The Balaban J connectivity index is 1.92. The molecule has 0 aliphatic carbocycles. The van der Waals surface area contributed by atoms with Crippen LogP contribution in [0.1, 0.15) is 55.0 Å². The number of methoxy groups -OCH3 is 3. The number of benzene rings is 3. The lowest BCUT2D eigenvalue weighted by atomic mass is 9.93. The third-order valence-corrected chi connectivity index (χ3v) is 7.00. The number of hydrogen-bond acceptors (Lipinski definition) is 7. The third kappa shape index (κ3) is 5.34. The quantitative estimate of drug-likeness (QED) is 0.194. The molecule has 1 saturated heterocycles. The van der Waals surface area contributed by atoms with Crippen molar-refractivity contribution in [3.05, 3.63) is 88.5 Å². The highest BCUT2D eigenvalue weighted by Gasteiger charge is 2.46. The van der Waals surface area contributed by atoms with E-state index >= 15 is 0 Å². The van der Waals surface area contributed by atoms with Gasteiger partial charge in [0.15, 0.2) is 11.5 Å². The Bertz CT molecular complexity index is 1440. The van der Waals surface area contributed by atoms with Crippen LogP contribution in [0.2, 0.25) is 0 Å². The molecule has 4 rings (SSSR count). The average Bonchev–Trinajstić information content (AvgIpc) is 3.21. The van der Waals surface area contributed by atoms with Crippen molar-refractivity contribution in [3.8, 4) is 23.0 Å². The molecule has 40 heavy (non-hydrogen) atoms. The minimum atomic E-state index is -0.890. The van der Waals surface area contributed by atoms with Gasteiger partial charge in [-0.2, -0.15) is 0 Å². The molecule has 0 radical (unpaired) electrons. The summed E-state index contributed by atoms with van der Waals surface area (Å²) in [7, 11) is 4.60. The van der Waals surface area contributed by atoms with Crippen LogP contribution in [0.3, 0.4) is 0 Å². The highest BCUT2D eigenvalue weighted by molar-refractivity contribution is 6.46. The lowest BCUT2D eigenvalue weighted by Gasteiger charge is -2.26. The van der Waals surface area contributed by atoms with Crippen LogP contribution in [0, 0.1) is 0 Å². The van der Waals surface area contributed by atoms with E-state index in [9.17, 15) is 14.7 Å². The van der Waals surface area contributed by atoms with E-state index in [2.05, 4.69) is 0 Å². The second-order valence-electron chi connectivity index (χ2n) is 9.69. The van der Waals surface area contributed by atoms with Crippen molar-refractivity contribution in [2.75, 3.05) is 27.9 Å². The first-order valence-corrected chi connectivity index (χ1v) is 13.1. The summed E-state index contributed by atoms with van der Waals surface area (Å²) < 4.78 is 22.2. The van der Waals surface area contributed by atoms with Crippen molar-refractivity contribution >= 4 is 17.4 Å². The summed E-state index contributed by atoms with van der Waals surface area (Å²) in [6, 6.07) is 16.9. The molecule has 8 heteroatoms. The lowest BCUT2D eigenvalue weighted by molar-refractivity contribution is -0.140. The minimum Gasteiger partial charge on any atom is -0.507 e. The molecule has 0 spiro atoms. The van der Waals surface area contributed by atoms with Crippen LogP contribution in [0.25, 0.3) is 5.76 Å². The second-order valence-corrected chi connectivity index (χ2v) is 9.69. The Morgan fingerprint density at radius 2 is 1.55 bits per heavy atom. The summed E-state index contributed by atoms with van der Waals surface area (Å²) in [4.78, 5) is 28.6. The summed E-state index contributed by atoms with van der Waals surface area (Å²) >= 11 is 0. The molecule has 0 saturated carbocycles. The van der Waals surface area contributed by atoms with Crippen LogP contribution < -0.4 is 18.9 Å². The molecule has 0 bridgehead atoms. The van der Waals surface area contributed by atoms with Gasteiger partial charge in [-0.15, -0.1) is 0 Å². The van der Waals surface area contributed by atoms with Gasteiger partial charge in [-0.3, -0.25) is 9.59 Å². The van der Waals surface area contributed by atoms with Gasteiger partial charge >= 0.3 is 0 Å². The van der Waals surface area contributed by atoms with E-state index in [0.717, 1.165) is 11.1 Å². The monoisotopic (exact) mass is 545 g/mol. The minimum absolute atomic E-state index is 0.00835. The molecule has 1 N–H and O–H groups in total. The van der Waals surface area contributed by atoms with E-state index in [-0.39, 0.29) is 23.8 Å². The lowest BCUT2D eigenvalue weighted by Crippen LogP contribution is -2.29. The number of ether oxygens (including phenoxy) is 4. The van der Waals surface area contributed by atoms with Crippen molar-refractivity contribution < 1.29 is 33.6 Å². The number of nitrogens with zero attached hydrogens (tertiary/aromatic N) is 1. The first-order chi connectivity index (χ1) is 19.2. The van der Waals surface area contributed by atoms with E-state index < -0.39 is 17.7 Å². The van der Waals surface area contributed by atoms with Gasteiger partial charge in [0, 0.05) is 11.1 Å². The fraction of sp³-hybridized carbons (Fsp3) is 0.312. The molecule has 1 aliphatic rings. The fourth-order valence-electron chi connectivity index (χ4n) is 5.02. The molecule has 3 aromatic rings. The first kappa shape index (κ1) is 28.5. The highest BCUT2D eigenvalue weighted by atomic mass is 16.5. The molecular weight excluding hydrogens is 510 g/mol. The van der Waals surface area contributed by atoms with Gasteiger partial charge in [0.05, 0.1) is 46.1 Å². The first-order valence-electron chi connectivity index (χ1n) is 13.1. The number of likely N-dealkylation sites (tertiary alicyclic amines) is 1. The number of hydrogen-bond donors (Lipinski definition) is 1. The fourth-order valence-corrected chi connectivity index (χ4v) is 5.02. The number of carbonyl (C=O) groups excluding carboxylic acids is 2. The Hall–Kier alpha value is -4.46. The van der Waals surface area contributed by atoms with Crippen LogP contribution in [-0.2, 0) is 16.1 Å². The van der Waals surface area contributed by atoms with Gasteiger partial charge in [-0.25, -0.2) is 0 Å². The molecule has 1 atom stereocenters. The predicted octanol–water partition coefficient (Wildman–Crippen LogP) is 5.86. The van der Waals surface area contributed by atoms with E-state index in [0.29, 0.717) is 40.7 Å². The second kappa shape index (κ2) is 12.2. The standard InChI is InChI=1S/C32H35NO7/c1-7-40-25-14-13-21(16-23(25)19(2)3)30(34)28-29(20-12-15-26(38-5)27(17-20)39-6)33(32(36)31(28)35)18-22-10-8-9-11-24(22)37-4/h8-17,19,29,34H,7,18H2,1-6H3/b30-28+. The van der Waals surface area contributed by atoms with Crippen molar-refractivity contribution in [1.29, 1.82) is 0 Å². The number of aliphatic hydroxyl groups excluding tert-OH is 1. The summed E-state index contributed by atoms with van der Waals surface area (Å²) in [5, 5.41) is 11.6. The van der Waals surface area contributed by atoms with Gasteiger partial charge in [0.1, 0.15) is 17.3 Å². The maximum Gasteiger partial charge on any atom is 0.295 e. The molecule has 1 aliphatic heterocycles. The summed E-state index contributed by atoms with van der Waals surface area (Å²) in [6.07, 6.45) is 0. The number of amides is 1. The smallest absolute Gasteiger partial charge is 0.295 e. The zero-order valence-electron chi connectivity index (χ0n) is 23.7. The molecule has 1 amide bonds. The maximum absolute atomic E-state index is 13.6. The van der Waals surface area contributed by atoms with E-state index in [1.165, 1.54) is 19.1 Å². The summed E-state index contributed by atoms with van der Waals surface area (Å²) in [5.41, 5.74) is 2.61. The molecule has 1 fully saturated rings. The molecule has 1 heterocycles. The average molecular weight is 546 g/mol. The Labute approximate surface area is 234 Å². The largest absolute Gasteiger partial charge is 0.507 e. The number of carbonyl (C=O) groups is 2. The topological polar surface area (TPSA) is 94.5 Å². The van der Waals surface area contributed by atoms with E-state index in [4.69, 9.17) is 18.9 Å². The van der Waals surface area contributed by atoms with Crippen molar-refractivity contribution in [3.63, 3.8) is 0 Å². The van der Waals surface area contributed by atoms with Crippen LogP contribution in [0.15, 0.2) is 66.2 Å². The van der Waals surface area contributed by atoms with Gasteiger partial charge < -0.3 is 29.0 Å². The number of aliphatic hydroxyl groups is 1. The maximum atomic E-state index is 13.6. The van der Waals surface area contributed by atoms with Crippen molar-refractivity contribution in [2.45, 2.75) is 39.3 Å². The molecule has 8 nitrogen and oxygen atoms in total. The van der Waals surface area contributed by atoms with Gasteiger partial charge in [-0.1, -0.05) is 38.1 Å². The van der Waals surface area contributed by atoms with Crippen molar-refractivity contribution in [2.24, 2.45) is 0 Å².